The van der Waals surface area contributed by atoms with Gasteiger partial charge in [-0.25, -0.2) is 9.97 Å². The van der Waals surface area contributed by atoms with Crippen LogP contribution in [0.15, 0.2) is 30.3 Å². The standard InChI is InChI=1S/C14H13N3O/c1-8-3-5-10(7-12(8)18)13-16-11-6-4-9(2)15-14(11)17-13/h3-7,18H,1-2H3,(H,15,16,17). The van der Waals surface area contributed by atoms with Gasteiger partial charge in [-0.1, -0.05) is 12.1 Å². The van der Waals surface area contributed by atoms with E-state index in [4.69, 9.17) is 0 Å². The van der Waals surface area contributed by atoms with Gasteiger partial charge < -0.3 is 10.1 Å². The summed E-state index contributed by atoms with van der Waals surface area (Å²) >= 11 is 0. The van der Waals surface area contributed by atoms with Gasteiger partial charge in [-0.15, -0.1) is 0 Å². The number of nitrogens with zero attached hydrogens (tertiary/aromatic N) is 2. The molecule has 0 aliphatic rings. The van der Waals surface area contributed by atoms with E-state index in [1.807, 2.05) is 38.1 Å². The lowest BCUT2D eigenvalue weighted by molar-refractivity contribution is 0.471. The van der Waals surface area contributed by atoms with Gasteiger partial charge >= 0.3 is 0 Å². The number of aromatic nitrogens is 3. The van der Waals surface area contributed by atoms with Gasteiger partial charge in [-0.2, -0.15) is 0 Å². The third-order valence-corrected chi connectivity index (χ3v) is 2.97. The van der Waals surface area contributed by atoms with E-state index in [0.717, 1.165) is 28.2 Å². The molecule has 2 N–H and O–H groups in total. The molecule has 0 atom stereocenters. The molecular weight excluding hydrogens is 226 g/mol. The Morgan fingerprint density at radius 2 is 1.89 bits per heavy atom. The maximum absolute atomic E-state index is 9.72. The fourth-order valence-corrected chi connectivity index (χ4v) is 1.88. The van der Waals surface area contributed by atoms with Crippen LogP contribution in [-0.2, 0) is 0 Å². The molecular formula is C14H13N3O. The van der Waals surface area contributed by atoms with Gasteiger partial charge in [0.25, 0.3) is 0 Å². The number of H-pyrrole nitrogens is 1. The molecule has 4 heteroatoms. The third kappa shape index (κ3) is 1.72. The van der Waals surface area contributed by atoms with Crippen LogP contribution in [-0.4, -0.2) is 20.1 Å². The lowest BCUT2D eigenvalue weighted by Gasteiger charge is -2.00. The smallest absolute Gasteiger partial charge is 0.178 e. The van der Waals surface area contributed by atoms with Gasteiger partial charge in [0, 0.05) is 11.3 Å². The van der Waals surface area contributed by atoms with Gasteiger partial charge in [0.1, 0.15) is 11.6 Å². The number of fused-ring (bicyclic) bond motifs is 1. The number of hydrogen-bond acceptors (Lipinski definition) is 3. The Labute approximate surface area is 104 Å². The summed E-state index contributed by atoms with van der Waals surface area (Å²) in [7, 11) is 0. The minimum atomic E-state index is 0.275. The molecule has 0 aliphatic heterocycles. The average Bonchev–Trinajstić information content (AvgIpc) is 2.75. The monoisotopic (exact) mass is 239 g/mol. The van der Waals surface area contributed by atoms with Crippen molar-refractivity contribution in [2.24, 2.45) is 0 Å². The van der Waals surface area contributed by atoms with Gasteiger partial charge in [0.2, 0.25) is 0 Å². The molecule has 0 bridgehead atoms. The first-order chi connectivity index (χ1) is 8.63. The quantitative estimate of drug-likeness (QED) is 0.686. The Kier molecular flexibility index (Phi) is 2.30. The number of benzene rings is 1. The number of nitrogens with one attached hydrogen (secondary N) is 1. The summed E-state index contributed by atoms with van der Waals surface area (Å²) < 4.78 is 0. The number of phenols is 1. The van der Waals surface area contributed by atoms with Crippen LogP contribution in [0.4, 0.5) is 0 Å². The van der Waals surface area contributed by atoms with Gasteiger partial charge in [-0.3, -0.25) is 0 Å². The van der Waals surface area contributed by atoms with E-state index in [1.54, 1.807) is 6.07 Å². The molecule has 90 valence electrons. The van der Waals surface area contributed by atoms with Crippen molar-refractivity contribution in [1.82, 2.24) is 15.0 Å². The lowest BCUT2D eigenvalue weighted by Crippen LogP contribution is -1.82. The van der Waals surface area contributed by atoms with Crippen LogP contribution < -0.4 is 0 Å². The van der Waals surface area contributed by atoms with E-state index in [9.17, 15) is 5.11 Å². The van der Waals surface area contributed by atoms with E-state index in [-0.39, 0.29) is 5.75 Å². The molecule has 3 aromatic rings. The van der Waals surface area contributed by atoms with Gasteiger partial charge in [0.05, 0.1) is 5.52 Å². The second kappa shape index (κ2) is 3.84. The Morgan fingerprint density at radius 1 is 1.06 bits per heavy atom. The largest absolute Gasteiger partial charge is 0.508 e. The number of pyridine rings is 1. The number of aromatic hydroxyl groups is 1. The molecule has 4 nitrogen and oxygen atoms in total. The van der Waals surface area contributed by atoms with Gasteiger partial charge in [-0.05, 0) is 37.6 Å². The van der Waals surface area contributed by atoms with Crippen LogP contribution >= 0.6 is 0 Å². The number of aromatic amines is 1. The highest BCUT2D eigenvalue weighted by Gasteiger charge is 2.07. The van der Waals surface area contributed by atoms with Crippen molar-refractivity contribution in [3.8, 4) is 17.1 Å². The zero-order valence-electron chi connectivity index (χ0n) is 10.2. The highest BCUT2D eigenvalue weighted by Crippen LogP contribution is 2.25. The van der Waals surface area contributed by atoms with E-state index in [1.165, 1.54) is 0 Å². The molecule has 0 fully saturated rings. The molecule has 0 amide bonds. The van der Waals surface area contributed by atoms with Crippen LogP contribution in [0.2, 0.25) is 0 Å². The molecule has 1 aromatic carbocycles. The SMILES string of the molecule is Cc1ccc2[nH]c(-c3ccc(C)c(O)c3)nc2n1. The second-order valence-corrected chi connectivity index (χ2v) is 4.41. The number of aryl methyl sites for hydroxylation is 2. The maximum atomic E-state index is 9.72. The first kappa shape index (κ1) is 10.8. The van der Waals surface area contributed by atoms with Crippen LogP contribution in [0.1, 0.15) is 11.3 Å². The summed E-state index contributed by atoms with van der Waals surface area (Å²) in [6.45, 7) is 3.80. The summed E-state index contributed by atoms with van der Waals surface area (Å²) in [6, 6.07) is 9.41. The molecule has 0 radical (unpaired) electrons. The number of imidazole rings is 1. The van der Waals surface area contributed by atoms with E-state index < -0.39 is 0 Å². The number of rotatable bonds is 1. The molecule has 2 aromatic heterocycles. The van der Waals surface area contributed by atoms with Crippen molar-refractivity contribution in [1.29, 1.82) is 0 Å². The third-order valence-electron chi connectivity index (χ3n) is 2.97. The van der Waals surface area contributed by atoms with Crippen molar-refractivity contribution >= 4 is 11.2 Å². The van der Waals surface area contributed by atoms with Crippen molar-refractivity contribution in [3.05, 3.63) is 41.6 Å². The summed E-state index contributed by atoms with van der Waals surface area (Å²) in [5, 5.41) is 9.72. The molecule has 0 saturated carbocycles. The van der Waals surface area contributed by atoms with Crippen molar-refractivity contribution < 1.29 is 5.11 Å². The minimum absolute atomic E-state index is 0.275. The molecule has 2 heterocycles. The Balaban J connectivity index is 2.16. The van der Waals surface area contributed by atoms with Crippen molar-refractivity contribution in [2.45, 2.75) is 13.8 Å². The Morgan fingerprint density at radius 3 is 2.67 bits per heavy atom. The fourth-order valence-electron chi connectivity index (χ4n) is 1.88. The normalized spacial score (nSPS) is 11.0. The number of hydrogen-bond donors (Lipinski definition) is 2. The van der Waals surface area contributed by atoms with Crippen LogP contribution in [0.3, 0.4) is 0 Å². The summed E-state index contributed by atoms with van der Waals surface area (Å²) in [4.78, 5) is 12.0. The van der Waals surface area contributed by atoms with Gasteiger partial charge in [0.15, 0.2) is 5.65 Å². The summed E-state index contributed by atoms with van der Waals surface area (Å²) in [5.41, 5.74) is 4.24. The van der Waals surface area contributed by atoms with Crippen molar-refractivity contribution in [3.63, 3.8) is 0 Å². The van der Waals surface area contributed by atoms with E-state index >= 15 is 0 Å². The maximum Gasteiger partial charge on any atom is 0.178 e. The van der Waals surface area contributed by atoms with Crippen LogP contribution in [0, 0.1) is 13.8 Å². The Bertz CT molecular complexity index is 731. The minimum Gasteiger partial charge on any atom is -0.508 e. The summed E-state index contributed by atoms with van der Waals surface area (Å²) in [5.74, 6) is 0.996. The zero-order chi connectivity index (χ0) is 12.7. The van der Waals surface area contributed by atoms with E-state index in [2.05, 4.69) is 15.0 Å². The van der Waals surface area contributed by atoms with E-state index in [0.29, 0.717) is 5.65 Å². The second-order valence-electron chi connectivity index (χ2n) is 4.41. The first-order valence-corrected chi connectivity index (χ1v) is 5.77. The zero-order valence-corrected chi connectivity index (χ0v) is 10.2. The molecule has 0 unspecified atom stereocenters. The fraction of sp³-hybridized carbons (Fsp3) is 0.143. The first-order valence-electron chi connectivity index (χ1n) is 5.77. The topological polar surface area (TPSA) is 61.8 Å². The van der Waals surface area contributed by atoms with Crippen LogP contribution in [0.5, 0.6) is 5.75 Å². The lowest BCUT2D eigenvalue weighted by atomic mass is 10.1. The molecule has 18 heavy (non-hydrogen) atoms. The molecule has 3 rings (SSSR count). The van der Waals surface area contributed by atoms with Crippen molar-refractivity contribution in [2.75, 3.05) is 0 Å². The Hall–Kier alpha value is -2.36. The predicted octanol–water partition coefficient (Wildman–Crippen LogP) is 2.95. The molecule has 0 spiro atoms. The highest BCUT2D eigenvalue weighted by atomic mass is 16.3. The molecule has 0 saturated heterocycles. The number of phenolic OH excluding ortho intramolecular Hbond substituents is 1. The predicted molar refractivity (Wildman–Crippen MR) is 70.5 cm³/mol. The summed E-state index contributed by atoms with van der Waals surface area (Å²) in [6.07, 6.45) is 0. The highest BCUT2D eigenvalue weighted by molar-refractivity contribution is 5.76. The average molecular weight is 239 g/mol. The molecule has 0 aliphatic carbocycles. The van der Waals surface area contributed by atoms with Crippen LogP contribution in [0.25, 0.3) is 22.6 Å².